The third kappa shape index (κ3) is 1.92. The molecule has 0 saturated carbocycles. The van der Waals surface area contributed by atoms with Crippen molar-refractivity contribution in [1.29, 1.82) is 0 Å². The molecule has 120 valence electrons. The van der Waals surface area contributed by atoms with Gasteiger partial charge in [-0.1, -0.05) is 11.6 Å². The van der Waals surface area contributed by atoms with Gasteiger partial charge in [-0.15, -0.1) is 0 Å². The van der Waals surface area contributed by atoms with Crippen LogP contribution in [0.4, 0.5) is 0 Å². The second-order valence-corrected chi connectivity index (χ2v) is 6.76. The van der Waals surface area contributed by atoms with Crippen molar-refractivity contribution in [3.8, 4) is 11.5 Å². The van der Waals surface area contributed by atoms with Crippen molar-refractivity contribution in [2.45, 2.75) is 44.4 Å². The van der Waals surface area contributed by atoms with Crippen molar-refractivity contribution < 1.29 is 19.0 Å². The molecule has 3 heterocycles. The summed E-state index contributed by atoms with van der Waals surface area (Å²) in [5.41, 5.74) is 4.03. The number of benzene rings is 1. The van der Waals surface area contributed by atoms with Gasteiger partial charge in [-0.05, 0) is 29.7 Å². The molecule has 1 aromatic carbocycles. The van der Waals surface area contributed by atoms with E-state index in [1.165, 1.54) is 23.6 Å². The Labute approximate surface area is 134 Å². The Morgan fingerprint density at radius 2 is 2.13 bits per heavy atom. The largest absolute Gasteiger partial charge is 0.462 e. The van der Waals surface area contributed by atoms with E-state index < -0.39 is 0 Å². The second-order valence-electron chi connectivity index (χ2n) is 6.76. The minimum atomic E-state index is -0.204. The average Bonchev–Trinajstić information content (AvgIpc) is 3.13. The van der Waals surface area contributed by atoms with Gasteiger partial charge in [0.05, 0.1) is 0 Å². The molecule has 5 rings (SSSR count). The topological polar surface area (TPSA) is 48.0 Å². The molecule has 0 amide bonds. The molecule has 0 aromatic heterocycles. The molecule has 1 aliphatic carbocycles. The van der Waals surface area contributed by atoms with Crippen LogP contribution in [-0.2, 0) is 16.1 Å². The van der Waals surface area contributed by atoms with Gasteiger partial charge in [-0.2, -0.15) is 0 Å². The highest BCUT2D eigenvalue weighted by atomic mass is 16.7. The molecule has 1 aromatic rings. The molecule has 3 atom stereocenters. The van der Waals surface area contributed by atoms with Crippen LogP contribution in [0.3, 0.4) is 0 Å². The summed E-state index contributed by atoms with van der Waals surface area (Å²) in [5.74, 6) is 1.63. The van der Waals surface area contributed by atoms with Crippen molar-refractivity contribution in [3.05, 3.63) is 34.9 Å². The SMILES string of the molecule is CC(=O)OC1CC=C2CCN3Cc4cc5c(cc4C1C23)OCO5. The van der Waals surface area contributed by atoms with Crippen LogP contribution < -0.4 is 9.47 Å². The van der Waals surface area contributed by atoms with Crippen LogP contribution >= 0.6 is 0 Å². The molecule has 3 aliphatic heterocycles. The van der Waals surface area contributed by atoms with E-state index in [2.05, 4.69) is 23.1 Å². The van der Waals surface area contributed by atoms with Crippen molar-refractivity contribution in [2.75, 3.05) is 13.3 Å². The summed E-state index contributed by atoms with van der Waals surface area (Å²) in [6.07, 6.45) is 4.11. The lowest BCUT2D eigenvalue weighted by Crippen LogP contribution is -2.46. The Morgan fingerprint density at radius 1 is 1.30 bits per heavy atom. The molecule has 0 N–H and O–H groups in total. The number of esters is 1. The Morgan fingerprint density at radius 3 is 2.96 bits per heavy atom. The summed E-state index contributed by atoms with van der Waals surface area (Å²) in [5, 5.41) is 0. The second kappa shape index (κ2) is 4.74. The predicted octanol–water partition coefficient (Wildman–Crippen LogP) is 2.35. The Hall–Kier alpha value is -2.01. The first-order chi connectivity index (χ1) is 11.2. The first kappa shape index (κ1) is 13.4. The van der Waals surface area contributed by atoms with Crippen molar-refractivity contribution in [1.82, 2.24) is 4.90 Å². The van der Waals surface area contributed by atoms with Crippen molar-refractivity contribution >= 4 is 5.97 Å². The van der Waals surface area contributed by atoms with Gasteiger partial charge in [0.2, 0.25) is 6.79 Å². The molecule has 1 fully saturated rings. The van der Waals surface area contributed by atoms with E-state index in [4.69, 9.17) is 14.2 Å². The maximum absolute atomic E-state index is 11.6. The van der Waals surface area contributed by atoms with E-state index in [1.54, 1.807) is 0 Å². The number of rotatable bonds is 1. The van der Waals surface area contributed by atoms with E-state index in [0.717, 1.165) is 37.4 Å². The summed E-state index contributed by atoms with van der Waals surface area (Å²) in [4.78, 5) is 14.1. The van der Waals surface area contributed by atoms with Gasteiger partial charge >= 0.3 is 5.97 Å². The summed E-state index contributed by atoms with van der Waals surface area (Å²) >= 11 is 0. The zero-order valence-electron chi connectivity index (χ0n) is 13.1. The van der Waals surface area contributed by atoms with Crippen LogP contribution in [0.15, 0.2) is 23.8 Å². The van der Waals surface area contributed by atoms with Gasteiger partial charge in [0.25, 0.3) is 0 Å². The lowest BCUT2D eigenvalue weighted by Gasteiger charge is -2.44. The van der Waals surface area contributed by atoms with E-state index in [0.29, 0.717) is 6.04 Å². The van der Waals surface area contributed by atoms with Crippen molar-refractivity contribution in [3.63, 3.8) is 0 Å². The highest BCUT2D eigenvalue weighted by Crippen LogP contribution is 2.50. The van der Waals surface area contributed by atoms with Crippen LogP contribution in [-0.4, -0.2) is 36.4 Å². The van der Waals surface area contributed by atoms with Crippen LogP contribution in [0.1, 0.15) is 36.8 Å². The number of fused-ring (bicyclic) bond motifs is 3. The summed E-state index contributed by atoms with van der Waals surface area (Å²) < 4.78 is 16.8. The van der Waals surface area contributed by atoms with Crippen LogP contribution in [0, 0.1) is 0 Å². The number of carbonyl (C=O) groups excluding carboxylic acids is 1. The third-order valence-electron chi connectivity index (χ3n) is 5.50. The smallest absolute Gasteiger partial charge is 0.302 e. The zero-order valence-corrected chi connectivity index (χ0v) is 13.1. The first-order valence-corrected chi connectivity index (χ1v) is 8.23. The molecular formula is C18H19NO4. The Kier molecular flexibility index (Phi) is 2.77. The van der Waals surface area contributed by atoms with E-state index in [1.807, 2.05) is 0 Å². The molecule has 4 aliphatic rings. The van der Waals surface area contributed by atoms with Crippen LogP contribution in [0.2, 0.25) is 0 Å². The predicted molar refractivity (Wildman–Crippen MR) is 82.4 cm³/mol. The number of ether oxygens (including phenoxy) is 3. The maximum atomic E-state index is 11.6. The lowest BCUT2D eigenvalue weighted by molar-refractivity contribution is -0.148. The molecule has 0 spiro atoms. The standard InChI is InChI=1S/C18H19NO4/c1-10(20)23-14-3-2-11-4-5-19-8-12-6-15-16(22-9-21-15)7-13(12)17(14)18(11)19/h2,6-7,14,17-18H,3-5,8-9H2,1H3. The monoisotopic (exact) mass is 313 g/mol. The Balaban J connectivity index is 1.64. The van der Waals surface area contributed by atoms with E-state index >= 15 is 0 Å². The zero-order chi connectivity index (χ0) is 15.6. The number of carbonyl (C=O) groups is 1. The van der Waals surface area contributed by atoms with E-state index in [9.17, 15) is 4.79 Å². The number of nitrogens with zero attached hydrogens (tertiary/aromatic N) is 1. The molecule has 3 unspecified atom stereocenters. The molecule has 23 heavy (non-hydrogen) atoms. The fourth-order valence-electron chi connectivity index (χ4n) is 4.64. The molecule has 5 nitrogen and oxygen atoms in total. The highest BCUT2D eigenvalue weighted by Gasteiger charge is 2.47. The van der Waals surface area contributed by atoms with Gasteiger partial charge in [-0.3, -0.25) is 9.69 Å². The molecule has 1 saturated heterocycles. The minimum absolute atomic E-state index is 0.0960. The normalized spacial score (nSPS) is 30.5. The quantitative estimate of drug-likeness (QED) is 0.588. The van der Waals surface area contributed by atoms with Gasteiger partial charge in [0.15, 0.2) is 11.5 Å². The maximum Gasteiger partial charge on any atom is 0.302 e. The highest BCUT2D eigenvalue weighted by molar-refractivity contribution is 5.66. The minimum Gasteiger partial charge on any atom is -0.462 e. The summed E-state index contributed by atoms with van der Waals surface area (Å²) in [7, 11) is 0. The van der Waals surface area contributed by atoms with Gasteiger partial charge in [0, 0.05) is 38.4 Å². The van der Waals surface area contributed by atoms with Gasteiger partial charge < -0.3 is 14.2 Å². The van der Waals surface area contributed by atoms with Crippen molar-refractivity contribution in [2.24, 2.45) is 0 Å². The fraction of sp³-hybridized carbons (Fsp3) is 0.500. The Bertz CT molecular complexity index is 726. The fourth-order valence-corrected chi connectivity index (χ4v) is 4.64. The average molecular weight is 313 g/mol. The molecule has 0 radical (unpaired) electrons. The number of hydrogen-bond acceptors (Lipinski definition) is 5. The summed E-state index contributed by atoms with van der Waals surface area (Å²) in [6.45, 7) is 3.79. The number of hydrogen-bond donors (Lipinski definition) is 0. The first-order valence-electron chi connectivity index (χ1n) is 8.23. The molecule has 5 heteroatoms. The van der Waals surface area contributed by atoms with E-state index in [-0.39, 0.29) is 24.8 Å². The third-order valence-corrected chi connectivity index (χ3v) is 5.50. The van der Waals surface area contributed by atoms with Gasteiger partial charge in [-0.25, -0.2) is 0 Å². The molecular weight excluding hydrogens is 294 g/mol. The van der Waals surface area contributed by atoms with Gasteiger partial charge in [0.1, 0.15) is 6.10 Å². The van der Waals surface area contributed by atoms with Crippen LogP contribution in [0.25, 0.3) is 0 Å². The lowest BCUT2D eigenvalue weighted by atomic mass is 9.74. The van der Waals surface area contributed by atoms with Crippen LogP contribution in [0.5, 0.6) is 11.5 Å². The summed E-state index contributed by atoms with van der Waals surface area (Å²) in [6, 6.07) is 4.58. The molecule has 0 bridgehead atoms.